The van der Waals surface area contributed by atoms with E-state index < -0.39 is 0 Å². The van der Waals surface area contributed by atoms with Crippen LogP contribution >= 0.6 is 0 Å². The molecule has 0 aliphatic rings. The number of hydrogen-bond acceptors (Lipinski definition) is 5. The third-order valence-corrected chi connectivity index (χ3v) is 2.89. The average molecular weight is 250 g/mol. The van der Waals surface area contributed by atoms with Gasteiger partial charge in [-0.2, -0.15) is 5.10 Å². The van der Waals surface area contributed by atoms with Gasteiger partial charge in [-0.25, -0.2) is 5.43 Å². The molecule has 2 aromatic heterocycles. The summed E-state index contributed by atoms with van der Waals surface area (Å²) in [4.78, 5) is 0. The monoisotopic (exact) mass is 250 g/mol. The summed E-state index contributed by atoms with van der Waals surface area (Å²) in [6.45, 7) is 4.66. The van der Waals surface area contributed by atoms with Crippen LogP contribution in [0.1, 0.15) is 30.0 Å². The van der Waals surface area contributed by atoms with E-state index in [9.17, 15) is 0 Å². The highest BCUT2D eigenvalue weighted by molar-refractivity contribution is 5.35. The number of furan rings is 1. The normalized spacial score (nSPS) is 12.7. The van der Waals surface area contributed by atoms with E-state index in [0.29, 0.717) is 5.75 Å². The minimum absolute atomic E-state index is 0.208. The van der Waals surface area contributed by atoms with Crippen LogP contribution in [-0.4, -0.2) is 16.9 Å². The number of methoxy groups -OCH3 is 1. The van der Waals surface area contributed by atoms with Crippen LogP contribution in [-0.2, 0) is 6.54 Å². The molecule has 1 unspecified atom stereocenters. The fourth-order valence-corrected chi connectivity index (χ4v) is 2.03. The number of nitrogens with two attached hydrogens (primary N) is 1. The van der Waals surface area contributed by atoms with Crippen molar-refractivity contribution in [2.24, 2.45) is 5.84 Å². The maximum atomic E-state index is 5.66. The van der Waals surface area contributed by atoms with Crippen molar-refractivity contribution in [3.8, 4) is 5.75 Å². The van der Waals surface area contributed by atoms with E-state index >= 15 is 0 Å². The molecule has 0 saturated carbocycles. The summed E-state index contributed by atoms with van der Waals surface area (Å²) in [7, 11) is 1.62. The Kier molecular flexibility index (Phi) is 3.69. The fourth-order valence-electron chi connectivity index (χ4n) is 2.03. The Morgan fingerprint density at radius 2 is 2.39 bits per heavy atom. The van der Waals surface area contributed by atoms with Gasteiger partial charge in [0.2, 0.25) is 0 Å². The second-order valence-electron chi connectivity index (χ2n) is 4.00. The summed E-state index contributed by atoms with van der Waals surface area (Å²) in [6.07, 6.45) is 3.38. The minimum Gasteiger partial charge on any atom is -0.493 e. The Balaban J connectivity index is 2.46. The van der Waals surface area contributed by atoms with Crippen molar-refractivity contribution in [3.05, 3.63) is 35.5 Å². The number of aryl methyl sites for hydroxylation is 2. The van der Waals surface area contributed by atoms with Gasteiger partial charge in [0.15, 0.2) is 5.75 Å². The van der Waals surface area contributed by atoms with Crippen molar-refractivity contribution in [3.63, 3.8) is 0 Å². The SMILES string of the molecule is CCn1ncc(OC)c1C(NN)c1coc(C)c1. The first kappa shape index (κ1) is 12.7. The summed E-state index contributed by atoms with van der Waals surface area (Å²) in [5.41, 5.74) is 4.62. The van der Waals surface area contributed by atoms with Gasteiger partial charge in [0, 0.05) is 12.1 Å². The molecule has 6 nitrogen and oxygen atoms in total. The summed E-state index contributed by atoms with van der Waals surface area (Å²) in [6, 6.07) is 1.73. The highest BCUT2D eigenvalue weighted by Gasteiger charge is 2.23. The topological polar surface area (TPSA) is 78.2 Å². The standard InChI is InChI=1S/C12H18N4O2/c1-4-16-12(10(17-3)6-14-16)11(15-13)9-5-8(2)18-7-9/h5-7,11,15H,4,13H2,1-3H3. The van der Waals surface area contributed by atoms with Crippen molar-refractivity contribution in [1.29, 1.82) is 0 Å². The first-order valence-corrected chi connectivity index (χ1v) is 5.82. The molecule has 2 rings (SSSR count). The van der Waals surface area contributed by atoms with E-state index in [1.807, 2.05) is 24.6 Å². The Morgan fingerprint density at radius 3 is 2.89 bits per heavy atom. The molecule has 18 heavy (non-hydrogen) atoms. The molecule has 98 valence electrons. The molecule has 0 aromatic carbocycles. The van der Waals surface area contributed by atoms with Crippen molar-refractivity contribution in [2.45, 2.75) is 26.4 Å². The second kappa shape index (κ2) is 5.24. The quantitative estimate of drug-likeness (QED) is 0.619. The van der Waals surface area contributed by atoms with Crippen LogP contribution in [0.4, 0.5) is 0 Å². The number of hydrazine groups is 1. The van der Waals surface area contributed by atoms with E-state index in [4.69, 9.17) is 15.0 Å². The van der Waals surface area contributed by atoms with Crippen LogP contribution in [0.2, 0.25) is 0 Å². The molecule has 0 aliphatic carbocycles. The molecule has 0 saturated heterocycles. The third-order valence-electron chi connectivity index (χ3n) is 2.89. The lowest BCUT2D eigenvalue weighted by atomic mass is 10.1. The number of nitrogens with one attached hydrogen (secondary N) is 1. The molecule has 2 heterocycles. The molecule has 6 heteroatoms. The van der Waals surface area contributed by atoms with Gasteiger partial charge in [0.25, 0.3) is 0 Å². The van der Waals surface area contributed by atoms with Gasteiger partial charge < -0.3 is 9.15 Å². The molecule has 0 bridgehead atoms. The number of hydrogen-bond donors (Lipinski definition) is 2. The molecular weight excluding hydrogens is 232 g/mol. The molecule has 0 radical (unpaired) electrons. The van der Waals surface area contributed by atoms with Gasteiger partial charge in [-0.1, -0.05) is 0 Å². The molecule has 3 N–H and O–H groups in total. The molecule has 0 amide bonds. The number of aromatic nitrogens is 2. The average Bonchev–Trinajstić information content (AvgIpc) is 2.97. The molecule has 1 atom stereocenters. The van der Waals surface area contributed by atoms with Crippen molar-refractivity contribution in [2.75, 3.05) is 7.11 Å². The first-order valence-electron chi connectivity index (χ1n) is 5.82. The van der Waals surface area contributed by atoms with Crippen molar-refractivity contribution >= 4 is 0 Å². The Bertz CT molecular complexity index is 496. The molecular formula is C12H18N4O2. The number of rotatable bonds is 5. The predicted molar refractivity (Wildman–Crippen MR) is 67.1 cm³/mol. The number of ether oxygens (including phenoxy) is 1. The zero-order valence-corrected chi connectivity index (χ0v) is 10.8. The highest BCUT2D eigenvalue weighted by Crippen LogP contribution is 2.30. The molecule has 0 fully saturated rings. The zero-order chi connectivity index (χ0) is 13.1. The van der Waals surface area contributed by atoms with Crippen LogP contribution in [0.3, 0.4) is 0 Å². The summed E-state index contributed by atoms with van der Waals surface area (Å²) >= 11 is 0. The second-order valence-corrected chi connectivity index (χ2v) is 4.00. The lowest BCUT2D eigenvalue weighted by Crippen LogP contribution is -2.30. The van der Waals surface area contributed by atoms with Gasteiger partial charge in [-0.3, -0.25) is 10.5 Å². The van der Waals surface area contributed by atoms with E-state index in [-0.39, 0.29) is 6.04 Å². The Labute approximate surface area is 106 Å². The van der Waals surface area contributed by atoms with Gasteiger partial charge in [0.05, 0.1) is 25.6 Å². The maximum absolute atomic E-state index is 5.66. The summed E-state index contributed by atoms with van der Waals surface area (Å²) in [5.74, 6) is 7.21. The third kappa shape index (κ3) is 2.12. The Hall–Kier alpha value is -1.79. The molecule has 0 aliphatic heterocycles. The maximum Gasteiger partial charge on any atom is 0.161 e. The van der Waals surface area contributed by atoms with Gasteiger partial charge >= 0.3 is 0 Å². The largest absolute Gasteiger partial charge is 0.493 e. The van der Waals surface area contributed by atoms with E-state index in [1.54, 1.807) is 19.6 Å². The van der Waals surface area contributed by atoms with Crippen LogP contribution < -0.4 is 16.0 Å². The Morgan fingerprint density at radius 1 is 1.61 bits per heavy atom. The van der Waals surface area contributed by atoms with E-state index in [2.05, 4.69) is 10.5 Å². The fraction of sp³-hybridized carbons (Fsp3) is 0.417. The van der Waals surface area contributed by atoms with Gasteiger partial charge in [-0.15, -0.1) is 0 Å². The number of nitrogens with zero attached hydrogens (tertiary/aromatic N) is 2. The van der Waals surface area contributed by atoms with Crippen LogP contribution in [0, 0.1) is 6.92 Å². The first-order chi connectivity index (χ1) is 8.71. The zero-order valence-electron chi connectivity index (χ0n) is 10.8. The predicted octanol–water partition coefficient (Wildman–Crippen LogP) is 1.37. The van der Waals surface area contributed by atoms with E-state index in [0.717, 1.165) is 23.6 Å². The van der Waals surface area contributed by atoms with Crippen LogP contribution in [0.15, 0.2) is 22.9 Å². The van der Waals surface area contributed by atoms with Crippen molar-refractivity contribution in [1.82, 2.24) is 15.2 Å². The molecule has 2 aromatic rings. The summed E-state index contributed by atoms with van der Waals surface area (Å²) < 4.78 is 12.5. The molecule has 0 spiro atoms. The summed E-state index contributed by atoms with van der Waals surface area (Å²) in [5, 5.41) is 4.27. The highest BCUT2D eigenvalue weighted by atomic mass is 16.5. The van der Waals surface area contributed by atoms with Crippen LogP contribution in [0.25, 0.3) is 0 Å². The smallest absolute Gasteiger partial charge is 0.161 e. The van der Waals surface area contributed by atoms with E-state index in [1.165, 1.54) is 0 Å². The lowest BCUT2D eigenvalue weighted by molar-refractivity contribution is 0.399. The lowest BCUT2D eigenvalue weighted by Gasteiger charge is -2.17. The minimum atomic E-state index is -0.208. The van der Waals surface area contributed by atoms with Crippen molar-refractivity contribution < 1.29 is 9.15 Å². The van der Waals surface area contributed by atoms with Crippen LogP contribution in [0.5, 0.6) is 5.75 Å². The van der Waals surface area contributed by atoms with Gasteiger partial charge in [0.1, 0.15) is 11.5 Å². The van der Waals surface area contributed by atoms with Gasteiger partial charge in [-0.05, 0) is 19.9 Å².